The minimum atomic E-state index is -0.187. The molecule has 0 spiro atoms. The molecule has 0 radical (unpaired) electrons. The Morgan fingerprint density at radius 2 is 2.04 bits per heavy atom. The normalized spacial score (nSPS) is 16.3. The van der Waals surface area contributed by atoms with E-state index >= 15 is 0 Å². The van der Waals surface area contributed by atoms with Gasteiger partial charge in [-0.2, -0.15) is 5.10 Å². The van der Waals surface area contributed by atoms with Gasteiger partial charge in [-0.3, -0.25) is 9.20 Å². The van der Waals surface area contributed by atoms with Crippen molar-refractivity contribution in [2.24, 2.45) is 7.05 Å². The molecule has 0 unspecified atom stereocenters. The number of pyridine rings is 2. The first kappa shape index (κ1) is 16.8. The van der Waals surface area contributed by atoms with Crippen molar-refractivity contribution in [2.75, 3.05) is 31.1 Å². The summed E-state index contributed by atoms with van der Waals surface area (Å²) in [6.45, 7) is 2.86. The maximum Gasteiger partial charge on any atom is 0.350 e. The van der Waals surface area contributed by atoms with Crippen LogP contribution >= 0.6 is 0 Å². The van der Waals surface area contributed by atoms with E-state index in [0.717, 1.165) is 31.6 Å². The van der Waals surface area contributed by atoms with Gasteiger partial charge in [-0.1, -0.05) is 0 Å². The molecule has 5 rings (SSSR count). The van der Waals surface area contributed by atoms with E-state index in [1.165, 1.54) is 9.08 Å². The Kier molecular flexibility index (Phi) is 3.81. The van der Waals surface area contributed by atoms with E-state index < -0.39 is 0 Å². The fraction of sp³-hybridized carbons (Fsp3) is 0.368. The minimum absolute atomic E-state index is 0.00442. The largest absolute Gasteiger partial charge is 0.490 e. The Balaban J connectivity index is 1.54. The van der Waals surface area contributed by atoms with Gasteiger partial charge in [-0.05, 0) is 25.0 Å². The SMILES string of the molecule is Cn1nc2cc(N3CCCOc4cc(C(=O)N5CCC5)cnc43)ccn2c1=O. The van der Waals surface area contributed by atoms with Crippen molar-refractivity contribution in [3.8, 4) is 5.75 Å². The summed E-state index contributed by atoms with van der Waals surface area (Å²) in [5.41, 5.74) is 1.81. The average Bonchev–Trinajstić information content (AvgIpc) is 2.82. The molecule has 2 aliphatic rings. The van der Waals surface area contributed by atoms with Crippen LogP contribution in [0.1, 0.15) is 23.2 Å². The van der Waals surface area contributed by atoms with Gasteiger partial charge in [0.2, 0.25) is 0 Å². The second kappa shape index (κ2) is 6.36. The molecule has 0 N–H and O–H groups in total. The average molecular weight is 380 g/mol. The Labute approximate surface area is 160 Å². The highest BCUT2D eigenvalue weighted by Crippen LogP contribution is 2.35. The topological polar surface area (TPSA) is 85.0 Å². The number of rotatable bonds is 2. The molecule has 0 aromatic carbocycles. The van der Waals surface area contributed by atoms with Gasteiger partial charge in [0.25, 0.3) is 5.91 Å². The third-order valence-electron chi connectivity index (χ3n) is 5.23. The lowest BCUT2D eigenvalue weighted by Gasteiger charge is -2.31. The summed E-state index contributed by atoms with van der Waals surface area (Å²) in [4.78, 5) is 33.0. The Morgan fingerprint density at radius 1 is 1.18 bits per heavy atom. The van der Waals surface area contributed by atoms with Gasteiger partial charge in [0.05, 0.1) is 12.2 Å². The number of hydrogen-bond donors (Lipinski definition) is 0. The van der Waals surface area contributed by atoms with Crippen LogP contribution in [0.25, 0.3) is 5.65 Å². The summed E-state index contributed by atoms with van der Waals surface area (Å²) in [5.74, 6) is 1.26. The van der Waals surface area contributed by atoms with Gasteiger partial charge in [-0.25, -0.2) is 14.5 Å². The summed E-state index contributed by atoms with van der Waals surface area (Å²) in [7, 11) is 1.63. The second-order valence-corrected chi connectivity index (χ2v) is 7.06. The van der Waals surface area contributed by atoms with Crippen molar-refractivity contribution in [1.82, 2.24) is 24.1 Å². The van der Waals surface area contributed by atoms with Crippen LogP contribution in [0.3, 0.4) is 0 Å². The molecule has 28 heavy (non-hydrogen) atoms. The van der Waals surface area contributed by atoms with E-state index in [9.17, 15) is 9.59 Å². The summed E-state index contributed by atoms with van der Waals surface area (Å²) in [6.07, 6.45) is 5.19. The van der Waals surface area contributed by atoms with Gasteiger partial charge in [0.15, 0.2) is 17.2 Å². The number of aromatic nitrogens is 4. The lowest BCUT2D eigenvalue weighted by atomic mass is 10.1. The monoisotopic (exact) mass is 380 g/mol. The van der Waals surface area contributed by atoms with Crippen LogP contribution in [-0.2, 0) is 7.05 Å². The number of amides is 1. The quantitative estimate of drug-likeness (QED) is 0.664. The fourth-order valence-electron chi connectivity index (χ4n) is 3.56. The van der Waals surface area contributed by atoms with Crippen LogP contribution in [0.2, 0.25) is 0 Å². The number of ether oxygens (including phenoxy) is 1. The predicted molar refractivity (Wildman–Crippen MR) is 102 cm³/mol. The fourth-order valence-corrected chi connectivity index (χ4v) is 3.56. The predicted octanol–water partition coefficient (Wildman–Crippen LogP) is 1.19. The summed E-state index contributed by atoms with van der Waals surface area (Å²) in [5, 5.41) is 4.26. The molecule has 0 saturated carbocycles. The highest BCUT2D eigenvalue weighted by Gasteiger charge is 2.26. The van der Waals surface area contributed by atoms with Crippen LogP contribution in [-0.4, -0.2) is 56.2 Å². The Hall–Kier alpha value is -3.36. The standard InChI is InChI=1S/C19H20N6O3/c1-22-19(27)25-8-4-14(11-16(25)21-22)24-7-3-9-28-15-10-13(12-20-17(15)24)18(26)23-5-2-6-23/h4,8,10-12H,2-3,5-7,9H2,1H3. The molecule has 3 aromatic rings. The number of fused-ring (bicyclic) bond motifs is 2. The number of nitrogens with zero attached hydrogens (tertiary/aromatic N) is 6. The van der Waals surface area contributed by atoms with Crippen LogP contribution in [0.4, 0.5) is 11.5 Å². The van der Waals surface area contributed by atoms with Gasteiger partial charge in [0, 0.05) is 50.8 Å². The summed E-state index contributed by atoms with van der Waals surface area (Å²) >= 11 is 0. The minimum Gasteiger partial charge on any atom is -0.490 e. The highest BCUT2D eigenvalue weighted by atomic mass is 16.5. The van der Waals surface area contributed by atoms with E-state index in [2.05, 4.69) is 10.1 Å². The molecule has 2 aliphatic heterocycles. The van der Waals surface area contributed by atoms with Crippen LogP contribution in [0.15, 0.2) is 35.4 Å². The number of anilines is 2. The van der Waals surface area contributed by atoms with Crippen molar-refractivity contribution in [3.63, 3.8) is 0 Å². The van der Waals surface area contributed by atoms with Gasteiger partial charge in [0.1, 0.15) is 0 Å². The lowest BCUT2D eigenvalue weighted by molar-refractivity contribution is 0.0651. The number of hydrogen-bond acceptors (Lipinski definition) is 6. The second-order valence-electron chi connectivity index (χ2n) is 7.06. The number of carbonyl (C=O) groups excluding carboxylic acids is 1. The number of carbonyl (C=O) groups is 1. The molecule has 9 heteroatoms. The van der Waals surface area contributed by atoms with Gasteiger partial charge >= 0.3 is 5.69 Å². The van der Waals surface area contributed by atoms with Crippen molar-refractivity contribution < 1.29 is 9.53 Å². The van der Waals surface area contributed by atoms with E-state index in [4.69, 9.17) is 4.74 Å². The highest BCUT2D eigenvalue weighted by molar-refractivity contribution is 5.95. The van der Waals surface area contributed by atoms with Crippen LogP contribution < -0.4 is 15.3 Å². The third kappa shape index (κ3) is 2.62. The Morgan fingerprint density at radius 3 is 2.82 bits per heavy atom. The summed E-state index contributed by atoms with van der Waals surface area (Å²) < 4.78 is 8.69. The molecule has 5 heterocycles. The zero-order chi connectivity index (χ0) is 19.3. The lowest BCUT2D eigenvalue weighted by Crippen LogP contribution is -2.42. The molecule has 1 fully saturated rings. The smallest absolute Gasteiger partial charge is 0.350 e. The van der Waals surface area contributed by atoms with Crippen molar-refractivity contribution in [1.29, 1.82) is 0 Å². The van der Waals surface area contributed by atoms with Gasteiger partial charge in [-0.15, -0.1) is 0 Å². The van der Waals surface area contributed by atoms with E-state index in [1.807, 2.05) is 21.9 Å². The zero-order valence-electron chi connectivity index (χ0n) is 15.5. The first-order chi connectivity index (χ1) is 13.6. The van der Waals surface area contributed by atoms with Gasteiger partial charge < -0.3 is 14.5 Å². The van der Waals surface area contributed by atoms with Crippen molar-refractivity contribution in [3.05, 3.63) is 46.6 Å². The first-order valence-electron chi connectivity index (χ1n) is 9.37. The molecule has 1 amide bonds. The molecule has 144 valence electrons. The maximum atomic E-state index is 12.5. The zero-order valence-corrected chi connectivity index (χ0v) is 15.5. The molecule has 0 aliphatic carbocycles. The Bertz CT molecular complexity index is 1130. The third-order valence-corrected chi connectivity index (χ3v) is 5.23. The van der Waals surface area contributed by atoms with Crippen molar-refractivity contribution >= 4 is 23.1 Å². The number of aryl methyl sites for hydroxylation is 1. The molecule has 1 saturated heterocycles. The van der Waals surface area contributed by atoms with E-state index in [-0.39, 0.29) is 11.6 Å². The molecular weight excluding hydrogens is 360 g/mol. The van der Waals surface area contributed by atoms with E-state index in [0.29, 0.717) is 35.9 Å². The van der Waals surface area contributed by atoms with Crippen LogP contribution in [0, 0.1) is 0 Å². The number of likely N-dealkylation sites (tertiary alicyclic amines) is 1. The van der Waals surface area contributed by atoms with Crippen molar-refractivity contribution in [2.45, 2.75) is 12.8 Å². The molecule has 0 atom stereocenters. The molecule has 9 nitrogen and oxygen atoms in total. The maximum absolute atomic E-state index is 12.5. The molecular formula is C19H20N6O3. The molecule has 0 bridgehead atoms. The van der Waals surface area contributed by atoms with Crippen LogP contribution in [0.5, 0.6) is 5.75 Å². The molecule has 3 aromatic heterocycles. The first-order valence-corrected chi connectivity index (χ1v) is 9.37. The van der Waals surface area contributed by atoms with E-state index in [1.54, 1.807) is 25.5 Å². The summed E-state index contributed by atoms with van der Waals surface area (Å²) in [6, 6.07) is 5.51.